The maximum atomic E-state index is 12.4. The number of guanidine groups is 1. The Morgan fingerprint density at radius 3 is 2.50 bits per heavy atom. The van der Waals surface area contributed by atoms with Gasteiger partial charge in [0.1, 0.15) is 0 Å². The standard InChI is InChI=1S/C16H29F3N4O/c1-3-24-14-5-8-23(9-6-14)15(20-2)21-10-13-4-7-22(11-13)12-16(17,18)19/h13-14H,3-12H2,1-2H3,(H,20,21). The molecule has 1 atom stereocenters. The summed E-state index contributed by atoms with van der Waals surface area (Å²) < 4.78 is 43.0. The summed E-state index contributed by atoms with van der Waals surface area (Å²) in [6.45, 7) is 5.43. The third kappa shape index (κ3) is 6.12. The fraction of sp³-hybridized carbons (Fsp3) is 0.938. The van der Waals surface area contributed by atoms with Crippen molar-refractivity contribution in [2.24, 2.45) is 10.9 Å². The lowest BCUT2D eigenvalue weighted by Gasteiger charge is -2.34. The minimum Gasteiger partial charge on any atom is -0.378 e. The van der Waals surface area contributed by atoms with Crippen molar-refractivity contribution >= 4 is 5.96 Å². The molecule has 0 bridgehead atoms. The van der Waals surface area contributed by atoms with E-state index in [2.05, 4.69) is 15.2 Å². The van der Waals surface area contributed by atoms with Gasteiger partial charge in [0.05, 0.1) is 12.6 Å². The van der Waals surface area contributed by atoms with E-state index in [0.717, 1.165) is 44.9 Å². The average molecular weight is 350 g/mol. The summed E-state index contributed by atoms with van der Waals surface area (Å²) in [5, 5.41) is 3.34. The van der Waals surface area contributed by atoms with E-state index in [0.29, 0.717) is 25.7 Å². The number of hydrogen-bond acceptors (Lipinski definition) is 3. The van der Waals surface area contributed by atoms with E-state index < -0.39 is 12.7 Å². The van der Waals surface area contributed by atoms with Crippen molar-refractivity contribution in [2.75, 3.05) is 52.9 Å². The third-order valence-corrected chi connectivity index (χ3v) is 4.68. The summed E-state index contributed by atoms with van der Waals surface area (Å²) in [5.74, 6) is 1.09. The zero-order valence-electron chi connectivity index (χ0n) is 14.6. The molecule has 0 spiro atoms. The molecule has 1 unspecified atom stereocenters. The van der Waals surface area contributed by atoms with Crippen molar-refractivity contribution in [1.29, 1.82) is 0 Å². The highest BCUT2D eigenvalue weighted by Crippen LogP contribution is 2.22. The third-order valence-electron chi connectivity index (χ3n) is 4.68. The van der Waals surface area contributed by atoms with Gasteiger partial charge in [-0.05, 0) is 38.6 Å². The molecule has 0 amide bonds. The molecule has 0 saturated carbocycles. The highest BCUT2D eigenvalue weighted by atomic mass is 19.4. The number of nitrogens with one attached hydrogen (secondary N) is 1. The molecule has 2 rings (SSSR count). The summed E-state index contributed by atoms with van der Waals surface area (Å²) >= 11 is 0. The quantitative estimate of drug-likeness (QED) is 0.608. The van der Waals surface area contributed by atoms with Crippen molar-refractivity contribution < 1.29 is 17.9 Å². The van der Waals surface area contributed by atoms with Gasteiger partial charge in [0.2, 0.25) is 0 Å². The average Bonchev–Trinajstić information content (AvgIpc) is 2.95. The van der Waals surface area contributed by atoms with Crippen molar-refractivity contribution in [2.45, 2.75) is 38.5 Å². The van der Waals surface area contributed by atoms with Gasteiger partial charge in [-0.3, -0.25) is 9.89 Å². The molecule has 1 N–H and O–H groups in total. The maximum Gasteiger partial charge on any atom is 0.401 e. The molecule has 8 heteroatoms. The zero-order valence-corrected chi connectivity index (χ0v) is 14.6. The van der Waals surface area contributed by atoms with Gasteiger partial charge < -0.3 is 15.0 Å². The molecule has 0 aromatic heterocycles. The number of halogens is 3. The molecule has 0 radical (unpaired) electrons. The van der Waals surface area contributed by atoms with Crippen LogP contribution in [-0.2, 0) is 4.74 Å². The summed E-state index contributed by atoms with van der Waals surface area (Å²) in [7, 11) is 1.75. The van der Waals surface area contributed by atoms with Crippen LogP contribution < -0.4 is 5.32 Å². The van der Waals surface area contributed by atoms with Crippen LogP contribution in [0.25, 0.3) is 0 Å². The lowest BCUT2D eigenvalue weighted by molar-refractivity contribution is -0.143. The smallest absolute Gasteiger partial charge is 0.378 e. The second-order valence-corrected chi connectivity index (χ2v) is 6.57. The molecule has 5 nitrogen and oxygen atoms in total. The lowest BCUT2D eigenvalue weighted by atomic mass is 10.1. The first-order valence-corrected chi connectivity index (χ1v) is 8.77. The van der Waals surface area contributed by atoms with Crippen LogP contribution in [0.1, 0.15) is 26.2 Å². The molecule has 24 heavy (non-hydrogen) atoms. The molecule has 2 aliphatic rings. The highest BCUT2D eigenvalue weighted by molar-refractivity contribution is 5.79. The van der Waals surface area contributed by atoms with Gasteiger partial charge in [-0.25, -0.2) is 0 Å². The van der Waals surface area contributed by atoms with Gasteiger partial charge in [-0.2, -0.15) is 13.2 Å². The van der Waals surface area contributed by atoms with E-state index >= 15 is 0 Å². The largest absolute Gasteiger partial charge is 0.401 e. The van der Waals surface area contributed by atoms with Crippen molar-refractivity contribution in [1.82, 2.24) is 15.1 Å². The Balaban J connectivity index is 1.71. The predicted molar refractivity (Wildman–Crippen MR) is 88.2 cm³/mol. The Morgan fingerprint density at radius 2 is 1.92 bits per heavy atom. The van der Waals surface area contributed by atoms with Gasteiger partial charge in [0, 0.05) is 39.8 Å². The number of aliphatic imine (C=N–C) groups is 1. The highest BCUT2D eigenvalue weighted by Gasteiger charge is 2.34. The van der Waals surface area contributed by atoms with E-state index in [9.17, 15) is 13.2 Å². The fourth-order valence-corrected chi connectivity index (χ4v) is 3.51. The van der Waals surface area contributed by atoms with E-state index in [1.54, 1.807) is 7.05 Å². The minimum atomic E-state index is -4.11. The molecule has 0 aliphatic carbocycles. The Labute approximate surface area is 142 Å². The Hall–Kier alpha value is -1.02. The number of likely N-dealkylation sites (tertiary alicyclic amines) is 2. The van der Waals surface area contributed by atoms with Crippen LogP contribution in [0.5, 0.6) is 0 Å². The molecule has 140 valence electrons. The Kier molecular flexibility index (Phi) is 7.16. The van der Waals surface area contributed by atoms with Crippen LogP contribution in [0.4, 0.5) is 13.2 Å². The van der Waals surface area contributed by atoms with Crippen LogP contribution in [-0.4, -0.2) is 81.0 Å². The molecular formula is C16H29F3N4O. The van der Waals surface area contributed by atoms with Gasteiger partial charge in [-0.15, -0.1) is 0 Å². The van der Waals surface area contributed by atoms with Crippen molar-refractivity contribution in [3.63, 3.8) is 0 Å². The van der Waals surface area contributed by atoms with Gasteiger partial charge in [0.25, 0.3) is 0 Å². The molecular weight excluding hydrogens is 321 g/mol. The van der Waals surface area contributed by atoms with E-state index in [4.69, 9.17) is 4.74 Å². The molecule has 2 heterocycles. The number of piperidine rings is 1. The van der Waals surface area contributed by atoms with Crippen LogP contribution in [0, 0.1) is 5.92 Å². The monoisotopic (exact) mass is 350 g/mol. The zero-order chi connectivity index (χ0) is 17.6. The number of ether oxygens (including phenoxy) is 1. The number of rotatable bonds is 5. The van der Waals surface area contributed by atoms with Gasteiger partial charge in [-0.1, -0.05) is 0 Å². The number of nitrogens with zero attached hydrogens (tertiary/aromatic N) is 3. The van der Waals surface area contributed by atoms with Crippen molar-refractivity contribution in [3.8, 4) is 0 Å². The van der Waals surface area contributed by atoms with Crippen molar-refractivity contribution in [3.05, 3.63) is 0 Å². The van der Waals surface area contributed by atoms with E-state index in [-0.39, 0.29) is 5.92 Å². The number of hydrogen-bond donors (Lipinski definition) is 1. The van der Waals surface area contributed by atoms with Crippen LogP contribution in [0.3, 0.4) is 0 Å². The van der Waals surface area contributed by atoms with E-state index in [1.165, 1.54) is 4.90 Å². The summed E-state index contributed by atoms with van der Waals surface area (Å²) in [6.07, 6.45) is -1.01. The first kappa shape index (κ1) is 19.3. The van der Waals surface area contributed by atoms with Crippen LogP contribution in [0.2, 0.25) is 0 Å². The topological polar surface area (TPSA) is 40.1 Å². The first-order chi connectivity index (χ1) is 11.4. The number of alkyl halides is 3. The first-order valence-electron chi connectivity index (χ1n) is 8.77. The van der Waals surface area contributed by atoms with Crippen LogP contribution >= 0.6 is 0 Å². The fourth-order valence-electron chi connectivity index (χ4n) is 3.51. The Morgan fingerprint density at radius 1 is 1.21 bits per heavy atom. The molecule has 2 aliphatic heterocycles. The van der Waals surface area contributed by atoms with Gasteiger partial charge in [0.15, 0.2) is 5.96 Å². The SMILES string of the molecule is CCOC1CCN(C(=NC)NCC2CCN(CC(F)(F)F)C2)CC1. The maximum absolute atomic E-state index is 12.4. The second kappa shape index (κ2) is 8.89. The lowest BCUT2D eigenvalue weighted by Crippen LogP contribution is -2.48. The predicted octanol–water partition coefficient (Wildman–Crippen LogP) is 1.95. The second-order valence-electron chi connectivity index (χ2n) is 6.57. The van der Waals surface area contributed by atoms with E-state index in [1.807, 2.05) is 6.92 Å². The summed E-state index contributed by atoms with van der Waals surface area (Å²) in [5.41, 5.74) is 0. The normalized spacial score (nSPS) is 24.6. The molecule has 0 aromatic rings. The Bertz CT molecular complexity index is 409. The summed E-state index contributed by atoms with van der Waals surface area (Å²) in [4.78, 5) is 8.01. The molecule has 0 aromatic carbocycles. The molecule has 2 saturated heterocycles. The van der Waals surface area contributed by atoms with Crippen LogP contribution in [0.15, 0.2) is 4.99 Å². The summed E-state index contributed by atoms with van der Waals surface area (Å²) in [6, 6.07) is 0. The minimum absolute atomic E-state index is 0.241. The van der Waals surface area contributed by atoms with Gasteiger partial charge >= 0.3 is 6.18 Å². The molecule has 2 fully saturated rings.